The average Bonchev–Trinajstić information content (AvgIpc) is 3.10. The molecule has 0 fully saturated rings. The molecule has 0 saturated heterocycles. The van der Waals surface area contributed by atoms with E-state index in [1.807, 2.05) is 19.1 Å². The summed E-state index contributed by atoms with van der Waals surface area (Å²) < 4.78 is 5.25. The third-order valence-corrected chi connectivity index (χ3v) is 4.27. The van der Waals surface area contributed by atoms with Gasteiger partial charge in [0.05, 0.1) is 5.71 Å². The number of nitrogens with zero attached hydrogens (tertiary/aromatic N) is 1. The minimum atomic E-state index is -0.517. The van der Waals surface area contributed by atoms with E-state index in [-0.39, 0.29) is 5.91 Å². The van der Waals surface area contributed by atoms with Crippen molar-refractivity contribution in [2.24, 2.45) is 5.16 Å². The van der Waals surface area contributed by atoms with Gasteiger partial charge in [-0.05, 0) is 29.7 Å². The lowest BCUT2D eigenvalue weighted by molar-refractivity contribution is -0.131. The Labute approximate surface area is 148 Å². The summed E-state index contributed by atoms with van der Waals surface area (Å²) in [5, 5.41) is 9.44. The number of oxime groups is 1. The number of carbonyl (C=O) groups excluding carboxylic acids is 1. The van der Waals surface area contributed by atoms with Crippen LogP contribution in [0.2, 0.25) is 0 Å². The molecule has 1 amide bonds. The van der Waals surface area contributed by atoms with Gasteiger partial charge in [0, 0.05) is 32.6 Å². The van der Waals surface area contributed by atoms with Crippen LogP contribution in [-0.2, 0) is 20.8 Å². The minimum absolute atomic E-state index is 0.104. The van der Waals surface area contributed by atoms with Crippen molar-refractivity contribution < 1.29 is 14.4 Å². The summed E-state index contributed by atoms with van der Waals surface area (Å²) >= 11 is 0. The number of fused-ring (bicyclic) bond motifs is 1. The van der Waals surface area contributed by atoms with Crippen molar-refractivity contribution in [1.82, 2.24) is 5.32 Å². The Hall–Kier alpha value is -2.40. The van der Waals surface area contributed by atoms with Gasteiger partial charge in [-0.25, -0.2) is 0 Å². The molecule has 5 heteroatoms. The second-order valence-electron chi connectivity index (χ2n) is 6.11. The van der Waals surface area contributed by atoms with E-state index < -0.39 is 6.10 Å². The maximum Gasteiger partial charge on any atom is 0.264 e. The van der Waals surface area contributed by atoms with Crippen molar-refractivity contribution in [3.05, 3.63) is 48.0 Å². The molecule has 2 aromatic rings. The Balaban J connectivity index is 1.51. The fourth-order valence-electron chi connectivity index (χ4n) is 2.98. The van der Waals surface area contributed by atoms with E-state index in [0.717, 1.165) is 12.1 Å². The molecule has 3 rings (SSSR count). The second-order valence-corrected chi connectivity index (χ2v) is 6.11. The first-order chi connectivity index (χ1) is 12.3. The molecule has 1 N–H and O–H groups in total. The van der Waals surface area contributed by atoms with Gasteiger partial charge in [0.2, 0.25) is 6.10 Å². The number of hydrogen-bond acceptors (Lipinski definition) is 4. The Bertz CT molecular complexity index is 752. The minimum Gasteiger partial charge on any atom is -0.382 e. The molecule has 1 unspecified atom stereocenters. The van der Waals surface area contributed by atoms with Crippen LogP contribution < -0.4 is 5.32 Å². The molecule has 0 saturated carbocycles. The van der Waals surface area contributed by atoms with E-state index in [4.69, 9.17) is 9.57 Å². The summed E-state index contributed by atoms with van der Waals surface area (Å²) in [6.45, 7) is 3.91. The molecule has 132 valence electrons. The van der Waals surface area contributed by atoms with Crippen molar-refractivity contribution in [2.75, 3.05) is 19.8 Å². The van der Waals surface area contributed by atoms with Crippen LogP contribution in [0.25, 0.3) is 10.8 Å². The lowest BCUT2D eigenvalue weighted by atomic mass is 9.98. The number of ether oxygens (including phenoxy) is 1. The fourth-order valence-corrected chi connectivity index (χ4v) is 2.98. The molecule has 0 aromatic heterocycles. The molecule has 1 heterocycles. The van der Waals surface area contributed by atoms with Gasteiger partial charge in [-0.3, -0.25) is 4.79 Å². The Morgan fingerprint density at radius 1 is 1.28 bits per heavy atom. The number of hydrogen-bond donors (Lipinski definition) is 1. The molecule has 0 aliphatic carbocycles. The highest BCUT2D eigenvalue weighted by Gasteiger charge is 2.27. The fraction of sp³-hybridized carbons (Fsp3) is 0.400. The van der Waals surface area contributed by atoms with Gasteiger partial charge in [-0.1, -0.05) is 47.6 Å². The van der Waals surface area contributed by atoms with Gasteiger partial charge in [0.25, 0.3) is 5.91 Å². The highest BCUT2D eigenvalue weighted by atomic mass is 16.6. The third kappa shape index (κ3) is 4.57. The monoisotopic (exact) mass is 340 g/mol. The van der Waals surface area contributed by atoms with Gasteiger partial charge in [0.15, 0.2) is 0 Å². The van der Waals surface area contributed by atoms with Crippen LogP contribution in [0.1, 0.15) is 25.3 Å². The van der Waals surface area contributed by atoms with Crippen molar-refractivity contribution in [1.29, 1.82) is 0 Å². The maximum absolute atomic E-state index is 12.1. The lowest BCUT2D eigenvalue weighted by Gasteiger charge is -2.09. The molecule has 1 atom stereocenters. The van der Waals surface area contributed by atoms with Crippen LogP contribution in [-0.4, -0.2) is 37.5 Å². The normalized spacial score (nSPS) is 16.5. The average molecular weight is 340 g/mol. The summed E-state index contributed by atoms with van der Waals surface area (Å²) in [6, 6.07) is 14.5. The largest absolute Gasteiger partial charge is 0.382 e. The van der Waals surface area contributed by atoms with Crippen molar-refractivity contribution >= 4 is 22.4 Å². The Morgan fingerprint density at radius 3 is 3.00 bits per heavy atom. The molecule has 0 radical (unpaired) electrons. The van der Waals surface area contributed by atoms with E-state index in [9.17, 15) is 4.79 Å². The van der Waals surface area contributed by atoms with E-state index in [1.54, 1.807) is 0 Å². The third-order valence-electron chi connectivity index (χ3n) is 4.27. The number of nitrogens with one attached hydrogen (secondary N) is 1. The van der Waals surface area contributed by atoms with Crippen LogP contribution >= 0.6 is 0 Å². The first-order valence-electron chi connectivity index (χ1n) is 8.81. The van der Waals surface area contributed by atoms with Crippen LogP contribution in [0, 0.1) is 0 Å². The molecular weight excluding hydrogens is 316 g/mol. The van der Waals surface area contributed by atoms with Gasteiger partial charge < -0.3 is 14.9 Å². The number of benzene rings is 2. The topological polar surface area (TPSA) is 59.9 Å². The molecule has 0 spiro atoms. The van der Waals surface area contributed by atoms with E-state index in [1.165, 1.54) is 16.3 Å². The molecule has 2 aromatic carbocycles. The SMILES string of the molecule is CCOCCCNC(=O)C1CC(Cc2cccc3ccccc23)=NO1. The van der Waals surface area contributed by atoms with E-state index in [2.05, 4.69) is 40.8 Å². The molecular formula is C20H24N2O3. The quantitative estimate of drug-likeness (QED) is 0.751. The second kappa shape index (κ2) is 8.62. The van der Waals surface area contributed by atoms with Crippen LogP contribution in [0.3, 0.4) is 0 Å². The highest BCUT2D eigenvalue weighted by molar-refractivity contribution is 5.96. The summed E-state index contributed by atoms with van der Waals surface area (Å²) in [5.74, 6) is -0.104. The van der Waals surface area contributed by atoms with Crippen molar-refractivity contribution in [3.8, 4) is 0 Å². The van der Waals surface area contributed by atoms with Gasteiger partial charge >= 0.3 is 0 Å². The van der Waals surface area contributed by atoms with Crippen molar-refractivity contribution in [3.63, 3.8) is 0 Å². The summed E-state index contributed by atoms with van der Waals surface area (Å²) in [5.41, 5.74) is 2.11. The molecule has 1 aliphatic heterocycles. The summed E-state index contributed by atoms with van der Waals surface area (Å²) in [4.78, 5) is 17.5. The molecule has 1 aliphatic rings. The smallest absolute Gasteiger partial charge is 0.264 e. The maximum atomic E-state index is 12.1. The summed E-state index contributed by atoms with van der Waals surface area (Å²) in [6.07, 6.45) is 1.53. The van der Waals surface area contributed by atoms with Gasteiger partial charge in [-0.15, -0.1) is 0 Å². The van der Waals surface area contributed by atoms with E-state index >= 15 is 0 Å². The van der Waals surface area contributed by atoms with Gasteiger partial charge in [0.1, 0.15) is 0 Å². The molecule has 0 bridgehead atoms. The first kappa shape index (κ1) is 17.4. The highest BCUT2D eigenvalue weighted by Crippen LogP contribution is 2.22. The van der Waals surface area contributed by atoms with Gasteiger partial charge in [-0.2, -0.15) is 0 Å². The lowest BCUT2D eigenvalue weighted by Crippen LogP contribution is -2.35. The first-order valence-corrected chi connectivity index (χ1v) is 8.81. The number of rotatable bonds is 8. The standard InChI is InChI=1S/C20H24N2O3/c1-2-24-12-6-11-21-20(23)19-14-17(22-25-19)13-16-9-5-8-15-7-3-4-10-18(15)16/h3-5,7-10,19H,2,6,11-14H2,1H3,(H,21,23). The molecule has 25 heavy (non-hydrogen) atoms. The van der Waals surface area contributed by atoms with Crippen molar-refractivity contribution in [2.45, 2.75) is 32.3 Å². The number of carbonyl (C=O) groups is 1. The van der Waals surface area contributed by atoms with Crippen LogP contribution in [0.15, 0.2) is 47.6 Å². The van der Waals surface area contributed by atoms with Crippen LogP contribution in [0.4, 0.5) is 0 Å². The predicted octanol–water partition coefficient (Wildman–Crippen LogP) is 3.07. The summed E-state index contributed by atoms with van der Waals surface area (Å²) in [7, 11) is 0. The zero-order chi connectivity index (χ0) is 17.5. The molecule has 5 nitrogen and oxygen atoms in total. The number of amides is 1. The zero-order valence-electron chi connectivity index (χ0n) is 14.5. The zero-order valence-corrected chi connectivity index (χ0v) is 14.5. The van der Waals surface area contributed by atoms with E-state index in [0.29, 0.717) is 32.6 Å². The predicted molar refractivity (Wildman–Crippen MR) is 98.7 cm³/mol. The Morgan fingerprint density at radius 2 is 2.12 bits per heavy atom. The van der Waals surface area contributed by atoms with Crippen LogP contribution in [0.5, 0.6) is 0 Å². The Kier molecular flexibility index (Phi) is 6.01.